The number of fused-ring (bicyclic) bond motifs is 1. The van der Waals surface area contributed by atoms with Crippen LogP contribution in [0, 0.1) is 18.8 Å². The van der Waals surface area contributed by atoms with Gasteiger partial charge in [-0.1, -0.05) is 18.2 Å². The lowest BCUT2D eigenvalue weighted by atomic mass is 9.88. The monoisotopic (exact) mass is 273 g/mol. The number of carbonyl (C=O) groups excluding carboxylic acids is 3. The summed E-state index contributed by atoms with van der Waals surface area (Å²) in [6, 6.07) is 5.72. The Morgan fingerprint density at radius 1 is 1.50 bits per heavy atom. The fraction of sp³-hybridized carbons (Fsp3) is 0.438. The van der Waals surface area contributed by atoms with E-state index >= 15 is 0 Å². The van der Waals surface area contributed by atoms with Crippen LogP contribution in [0.2, 0.25) is 0 Å². The number of benzene rings is 1. The zero-order valence-electron chi connectivity index (χ0n) is 11.6. The van der Waals surface area contributed by atoms with Gasteiger partial charge >= 0.3 is 0 Å². The third-order valence-corrected chi connectivity index (χ3v) is 4.10. The van der Waals surface area contributed by atoms with Crippen molar-refractivity contribution in [3.05, 3.63) is 34.9 Å². The minimum atomic E-state index is -0.424. The Hall–Kier alpha value is -1.97. The molecule has 1 aliphatic rings. The lowest BCUT2D eigenvalue weighted by Crippen LogP contribution is -2.27. The Kier molecular flexibility index (Phi) is 4.32. The minimum absolute atomic E-state index is 0.0982. The second-order valence-corrected chi connectivity index (χ2v) is 5.45. The second-order valence-electron chi connectivity index (χ2n) is 5.45. The number of aldehydes is 1. The van der Waals surface area contributed by atoms with Crippen LogP contribution in [-0.4, -0.2) is 18.0 Å². The summed E-state index contributed by atoms with van der Waals surface area (Å²) >= 11 is 0. The molecular formula is C16H19NO3. The van der Waals surface area contributed by atoms with Crippen LogP contribution in [0.3, 0.4) is 0 Å². The molecule has 0 spiro atoms. The van der Waals surface area contributed by atoms with Crippen molar-refractivity contribution in [2.75, 3.05) is 0 Å². The molecule has 2 atom stereocenters. The van der Waals surface area contributed by atoms with Crippen LogP contribution < -0.4 is 5.73 Å². The molecule has 1 amide bonds. The Morgan fingerprint density at radius 2 is 2.25 bits per heavy atom. The van der Waals surface area contributed by atoms with Gasteiger partial charge in [-0.25, -0.2) is 0 Å². The standard InChI is InChI=1S/C16H19NO3/c1-10-4-2-6-13-14(10)9-12(15(13)19)8-11(16(17)20)5-3-7-18/h2,4,6-7,11-12H,3,5,8-9H2,1H3,(H2,17,20). The molecule has 0 fully saturated rings. The molecule has 1 aliphatic carbocycles. The van der Waals surface area contributed by atoms with Gasteiger partial charge < -0.3 is 10.5 Å². The van der Waals surface area contributed by atoms with Crippen molar-refractivity contribution in [2.45, 2.75) is 32.6 Å². The third kappa shape index (κ3) is 2.79. The molecule has 0 aromatic heterocycles. The molecule has 2 N–H and O–H groups in total. The molecule has 1 aromatic carbocycles. The molecule has 0 bridgehead atoms. The average molecular weight is 273 g/mol. The highest BCUT2D eigenvalue weighted by Gasteiger charge is 2.34. The maximum atomic E-state index is 12.4. The van der Waals surface area contributed by atoms with E-state index in [2.05, 4.69) is 0 Å². The number of nitrogens with two attached hydrogens (primary N) is 1. The maximum absolute atomic E-state index is 12.4. The number of ketones is 1. The Labute approximate surface area is 118 Å². The Bertz CT molecular complexity index is 551. The van der Waals surface area contributed by atoms with Gasteiger partial charge in [0.05, 0.1) is 0 Å². The first-order valence-electron chi connectivity index (χ1n) is 6.90. The van der Waals surface area contributed by atoms with E-state index in [1.807, 2.05) is 25.1 Å². The smallest absolute Gasteiger partial charge is 0.220 e. The molecule has 0 radical (unpaired) electrons. The van der Waals surface area contributed by atoms with Crippen molar-refractivity contribution < 1.29 is 14.4 Å². The highest BCUT2D eigenvalue weighted by atomic mass is 16.1. The maximum Gasteiger partial charge on any atom is 0.220 e. The summed E-state index contributed by atoms with van der Waals surface area (Å²) in [5.41, 5.74) is 8.34. The molecule has 4 heteroatoms. The van der Waals surface area contributed by atoms with Gasteiger partial charge in [0.1, 0.15) is 6.29 Å². The first-order chi connectivity index (χ1) is 9.54. The van der Waals surface area contributed by atoms with Gasteiger partial charge in [0.2, 0.25) is 5.91 Å². The zero-order valence-corrected chi connectivity index (χ0v) is 11.6. The van der Waals surface area contributed by atoms with Crippen LogP contribution >= 0.6 is 0 Å². The van der Waals surface area contributed by atoms with Gasteiger partial charge in [0, 0.05) is 23.8 Å². The van der Waals surface area contributed by atoms with Crippen LogP contribution in [0.4, 0.5) is 0 Å². The van der Waals surface area contributed by atoms with Gasteiger partial charge in [-0.3, -0.25) is 9.59 Å². The van der Waals surface area contributed by atoms with Gasteiger partial charge in [-0.05, 0) is 37.3 Å². The van der Waals surface area contributed by atoms with E-state index in [-0.39, 0.29) is 11.7 Å². The molecule has 0 heterocycles. The lowest BCUT2D eigenvalue weighted by Gasteiger charge is -2.15. The van der Waals surface area contributed by atoms with Crippen LogP contribution in [0.1, 0.15) is 40.7 Å². The number of hydrogen-bond acceptors (Lipinski definition) is 3. The number of Topliss-reactive ketones (excluding diaryl/α,β-unsaturated/α-hetero) is 1. The predicted molar refractivity (Wildman–Crippen MR) is 75.3 cm³/mol. The summed E-state index contributed by atoms with van der Waals surface area (Å²) in [6.45, 7) is 1.99. The van der Waals surface area contributed by atoms with Crippen LogP contribution in [0.25, 0.3) is 0 Å². The number of carbonyl (C=O) groups is 3. The first kappa shape index (κ1) is 14.4. The van der Waals surface area contributed by atoms with Crippen LogP contribution in [0.15, 0.2) is 18.2 Å². The fourth-order valence-corrected chi connectivity index (χ4v) is 2.94. The topological polar surface area (TPSA) is 77.2 Å². The largest absolute Gasteiger partial charge is 0.369 e. The summed E-state index contributed by atoms with van der Waals surface area (Å²) in [6.07, 6.45) is 2.63. The van der Waals surface area contributed by atoms with E-state index in [0.717, 1.165) is 23.0 Å². The molecule has 0 saturated heterocycles. The summed E-state index contributed by atoms with van der Waals surface area (Å²) in [5, 5.41) is 0. The Balaban J connectivity index is 2.12. The van der Waals surface area contributed by atoms with Crippen molar-refractivity contribution in [3.63, 3.8) is 0 Å². The molecule has 2 unspecified atom stereocenters. The number of rotatable bonds is 6. The van der Waals surface area contributed by atoms with Crippen LogP contribution in [-0.2, 0) is 16.0 Å². The first-order valence-corrected chi connectivity index (χ1v) is 6.90. The predicted octanol–water partition coefficient (Wildman–Crippen LogP) is 1.82. The number of hydrogen-bond donors (Lipinski definition) is 1. The second kappa shape index (κ2) is 5.99. The quantitative estimate of drug-likeness (QED) is 0.803. The van der Waals surface area contributed by atoms with E-state index in [4.69, 9.17) is 5.73 Å². The van der Waals surface area contributed by atoms with E-state index in [1.54, 1.807) is 0 Å². The summed E-state index contributed by atoms with van der Waals surface area (Å²) in [5.74, 6) is -0.910. The van der Waals surface area contributed by atoms with Gasteiger partial charge in [0.15, 0.2) is 5.78 Å². The zero-order chi connectivity index (χ0) is 14.7. The third-order valence-electron chi connectivity index (χ3n) is 4.10. The average Bonchev–Trinajstić information content (AvgIpc) is 2.73. The number of primary amides is 1. The molecule has 0 aliphatic heterocycles. The van der Waals surface area contributed by atoms with Gasteiger partial charge in [-0.2, -0.15) is 0 Å². The molecule has 106 valence electrons. The van der Waals surface area contributed by atoms with Gasteiger partial charge in [-0.15, -0.1) is 0 Å². The van der Waals surface area contributed by atoms with E-state index in [0.29, 0.717) is 25.7 Å². The summed E-state index contributed by atoms with van der Waals surface area (Å²) in [4.78, 5) is 34.2. The van der Waals surface area contributed by atoms with Crippen molar-refractivity contribution in [3.8, 4) is 0 Å². The van der Waals surface area contributed by atoms with Crippen molar-refractivity contribution in [1.82, 2.24) is 0 Å². The van der Waals surface area contributed by atoms with Crippen molar-refractivity contribution >= 4 is 18.0 Å². The van der Waals surface area contributed by atoms with E-state index in [9.17, 15) is 14.4 Å². The number of aryl methyl sites for hydroxylation is 1. The van der Waals surface area contributed by atoms with E-state index < -0.39 is 11.8 Å². The SMILES string of the molecule is Cc1cccc2c1CC(CC(CCC=O)C(N)=O)C2=O. The summed E-state index contributed by atoms with van der Waals surface area (Å²) < 4.78 is 0. The van der Waals surface area contributed by atoms with E-state index in [1.165, 1.54) is 0 Å². The minimum Gasteiger partial charge on any atom is -0.369 e. The molecule has 2 rings (SSSR count). The lowest BCUT2D eigenvalue weighted by molar-refractivity contribution is -0.122. The highest BCUT2D eigenvalue weighted by Crippen LogP contribution is 2.33. The number of amides is 1. The molecule has 1 aromatic rings. The van der Waals surface area contributed by atoms with Crippen molar-refractivity contribution in [2.24, 2.45) is 17.6 Å². The molecule has 20 heavy (non-hydrogen) atoms. The molecule has 0 saturated carbocycles. The normalized spacial score (nSPS) is 18.6. The Morgan fingerprint density at radius 3 is 2.85 bits per heavy atom. The van der Waals surface area contributed by atoms with Gasteiger partial charge in [0.25, 0.3) is 0 Å². The molecule has 4 nitrogen and oxygen atoms in total. The fourth-order valence-electron chi connectivity index (χ4n) is 2.94. The summed E-state index contributed by atoms with van der Waals surface area (Å²) in [7, 11) is 0. The van der Waals surface area contributed by atoms with Crippen LogP contribution in [0.5, 0.6) is 0 Å². The highest BCUT2D eigenvalue weighted by molar-refractivity contribution is 6.02. The molecular weight excluding hydrogens is 254 g/mol. The van der Waals surface area contributed by atoms with Crippen molar-refractivity contribution in [1.29, 1.82) is 0 Å².